The van der Waals surface area contributed by atoms with E-state index in [4.69, 9.17) is 19.4 Å². The number of rotatable bonds is 6. The average Bonchev–Trinajstić information content (AvgIpc) is 3.83. The molecule has 0 atom stereocenters. The lowest BCUT2D eigenvalue weighted by Gasteiger charge is -2.20. The molecule has 0 saturated carbocycles. The Labute approximate surface area is 322 Å². The van der Waals surface area contributed by atoms with Gasteiger partial charge in [0.05, 0.1) is 16.7 Å². The predicted molar refractivity (Wildman–Crippen MR) is 229 cm³/mol. The van der Waals surface area contributed by atoms with E-state index in [2.05, 4.69) is 126 Å². The van der Waals surface area contributed by atoms with Gasteiger partial charge in [0.2, 0.25) is 0 Å². The molecule has 0 aliphatic rings. The number of hydrogen-bond acceptors (Lipinski definition) is 4. The largest absolute Gasteiger partial charge is 0.455 e. The van der Waals surface area contributed by atoms with Gasteiger partial charge in [-0.3, -0.25) is 0 Å². The van der Waals surface area contributed by atoms with Crippen LogP contribution < -0.4 is 0 Å². The molecule has 0 radical (unpaired) electrons. The Morgan fingerprint density at radius 3 is 1.55 bits per heavy atom. The molecule has 5 nitrogen and oxygen atoms in total. The molecule has 0 bridgehead atoms. The molecule has 0 N–H and O–H groups in total. The Hall–Kier alpha value is -7.63. The van der Waals surface area contributed by atoms with E-state index in [1.54, 1.807) is 0 Å². The highest BCUT2D eigenvalue weighted by molar-refractivity contribution is 6.18. The highest BCUT2D eigenvalue weighted by Crippen LogP contribution is 2.45. The topological polar surface area (TPSA) is 56.7 Å². The zero-order valence-corrected chi connectivity index (χ0v) is 30.2. The van der Waals surface area contributed by atoms with Crippen molar-refractivity contribution in [3.8, 4) is 62.1 Å². The van der Waals surface area contributed by atoms with Gasteiger partial charge in [0.1, 0.15) is 11.2 Å². The smallest absolute Gasteiger partial charge is 0.166 e. The van der Waals surface area contributed by atoms with Crippen LogP contribution in [0.3, 0.4) is 0 Å². The molecule has 56 heavy (non-hydrogen) atoms. The molecule has 0 amide bonds. The van der Waals surface area contributed by atoms with Crippen LogP contribution in [-0.4, -0.2) is 19.5 Å². The van der Waals surface area contributed by atoms with E-state index in [0.29, 0.717) is 17.5 Å². The first-order valence-corrected chi connectivity index (χ1v) is 18.8. The number of para-hydroxylation sites is 5. The first-order valence-electron chi connectivity index (χ1n) is 18.8. The SMILES string of the molecule is c1ccc(-c2nc(-c3ccccc3)nc(-c3cccc(-c4ccccc4)c3-n3c4ccccc4c4cccc(-c5cccc6c5oc5ccccc56)c43)n2)cc1. The summed E-state index contributed by atoms with van der Waals surface area (Å²) in [6, 6.07) is 67.3. The molecular weight excluding hydrogens is 685 g/mol. The van der Waals surface area contributed by atoms with Gasteiger partial charge in [-0.05, 0) is 23.8 Å². The molecule has 8 aromatic carbocycles. The third-order valence-corrected chi connectivity index (χ3v) is 10.7. The van der Waals surface area contributed by atoms with Crippen LogP contribution >= 0.6 is 0 Å². The molecular formula is C51H32N4O. The molecule has 11 aromatic rings. The number of benzene rings is 8. The Balaban J connectivity index is 1.28. The van der Waals surface area contributed by atoms with Gasteiger partial charge < -0.3 is 8.98 Å². The van der Waals surface area contributed by atoms with Gasteiger partial charge in [0.25, 0.3) is 0 Å². The predicted octanol–water partition coefficient (Wildman–Crippen LogP) is 13.2. The first kappa shape index (κ1) is 31.9. The quantitative estimate of drug-likeness (QED) is 0.172. The summed E-state index contributed by atoms with van der Waals surface area (Å²) in [6.45, 7) is 0. The number of aromatic nitrogens is 4. The van der Waals surface area contributed by atoms with Gasteiger partial charge >= 0.3 is 0 Å². The van der Waals surface area contributed by atoms with Crippen molar-refractivity contribution in [1.82, 2.24) is 19.5 Å². The molecule has 0 saturated heterocycles. The van der Waals surface area contributed by atoms with Gasteiger partial charge in [-0.25, -0.2) is 15.0 Å². The monoisotopic (exact) mass is 716 g/mol. The average molecular weight is 717 g/mol. The summed E-state index contributed by atoms with van der Waals surface area (Å²) in [5.74, 6) is 1.82. The molecule has 11 rings (SSSR count). The van der Waals surface area contributed by atoms with Crippen LogP contribution in [0.5, 0.6) is 0 Å². The fourth-order valence-electron chi connectivity index (χ4n) is 8.17. The van der Waals surface area contributed by atoms with Crippen LogP contribution in [-0.2, 0) is 0 Å². The van der Waals surface area contributed by atoms with Crippen molar-refractivity contribution in [3.63, 3.8) is 0 Å². The normalized spacial score (nSPS) is 11.6. The number of nitrogens with zero attached hydrogens (tertiary/aromatic N) is 4. The zero-order valence-electron chi connectivity index (χ0n) is 30.2. The fraction of sp³-hybridized carbons (Fsp3) is 0. The van der Waals surface area contributed by atoms with E-state index in [9.17, 15) is 0 Å². The molecule has 0 aliphatic heterocycles. The van der Waals surface area contributed by atoms with Crippen molar-refractivity contribution >= 4 is 43.7 Å². The van der Waals surface area contributed by atoms with Crippen LogP contribution in [0.25, 0.3) is 106 Å². The van der Waals surface area contributed by atoms with Crippen molar-refractivity contribution in [1.29, 1.82) is 0 Å². The molecule has 5 heteroatoms. The Morgan fingerprint density at radius 1 is 0.339 bits per heavy atom. The lowest BCUT2D eigenvalue weighted by atomic mass is 9.97. The fourth-order valence-corrected chi connectivity index (χ4v) is 8.17. The minimum absolute atomic E-state index is 0.591. The molecule has 0 aliphatic carbocycles. The molecule has 0 unspecified atom stereocenters. The summed E-state index contributed by atoms with van der Waals surface area (Å²) in [4.78, 5) is 15.6. The second-order valence-electron chi connectivity index (χ2n) is 13.9. The minimum atomic E-state index is 0.591. The van der Waals surface area contributed by atoms with E-state index in [1.807, 2.05) is 72.8 Å². The molecule has 3 heterocycles. The summed E-state index contributed by atoms with van der Waals surface area (Å²) in [5, 5.41) is 4.49. The summed E-state index contributed by atoms with van der Waals surface area (Å²) >= 11 is 0. The van der Waals surface area contributed by atoms with E-state index >= 15 is 0 Å². The van der Waals surface area contributed by atoms with Crippen LogP contribution in [0.4, 0.5) is 0 Å². The first-order chi connectivity index (χ1) is 27.8. The Morgan fingerprint density at radius 2 is 0.839 bits per heavy atom. The van der Waals surface area contributed by atoms with Crippen LogP contribution in [0, 0.1) is 0 Å². The third kappa shape index (κ3) is 5.13. The second-order valence-corrected chi connectivity index (χ2v) is 13.9. The molecule has 262 valence electrons. The standard InChI is InChI=1S/C51H32N4O/c1-4-17-33(18-5-1)36-25-14-30-43(51-53-49(34-19-6-2-7-20-34)52-50(54-51)35-21-8-3-9-22-35)46(36)55-44-31-12-10-23-37(44)39-26-15-27-40(47(39)55)42-29-16-28-41-38-24-11-13-32-45(38)56-48(41)42/h1-32H. The van der Waals surface area contributed by atoms with Crippen LogP contribution in [0.1, 0.15) is 0 Å². The zero-order chi connectivity index (χ0) is 37.0. The second kappa shape index (κ2) is 13.0. The summed E-state index contributed by atoms with van der Waals surface area (Å²) in [6.07, 6.45) is 0. The van der Waals surface area contributed by atoms with Crippen LogP contribution in [0.15, 0.2) is 199 Å². The lowest BCUT2D eigenvalue weighted by Crippen LogP contribution is -2.05. The van der Waals surface area contributed by atoms with Crippen molar-refractivity contribution in [3.05, 3.63) is 194 Å². The van der Waals surface area contributed by atoms with Crippen molar-refractivity contribution in [2.75, 3.05) is 0 Å². The lowest BCUT2D eigenvalue weighted by molar-refractivity contribution is 0.670. The third-order valence-electron chi connectivity index (χ3n) is 10.7. The van der Waals surface area contributed by atoms with E-state index in [0.717, 1.165) is 88.4 Å². The highest BCUT2D eigenvalue weighted by Gasteiger charge is 2.25. The highest BCUT2D eigenvalue weighted by atomic mass is 16.3. The minimum Gasteiger partial charge on any atom is -0.455 e. The van der Waals surface area contributed by atoms with E-state index < -0.39 is 0 Å². The molecule has 3 aromatic heterocycles. The maximum atomic E-state index is 6.67. The van der Waals surface area contributed by atoms with Crippen molar-refractivity contribution < 1.29 is 4.42 Å². The summed E-state index contributed by atoms with van der Waals surface area (Å²) in [5.41, 5.74) is 11.9. The summed E-state index contributed by atoms with van der Waals surface area (Å²) < 4.78 is 9.09. The molecule has 0 fully saturated rings. The van der Waals surface area contributed by atoms with Gasteiger partial charge in [0, 0.05) is 54.9 Å². The number of fused-ring (bicyclic) bond motifs is 6. The van der Waals surface area contributed by atoms with Gasteiger partial charge in [-0.15, -0.1) is 0 Å². The number of furan rings is 1. The van der Waals surface area contributed by atoms with Crippen molar-refractivity contribution in [2.45, 2.75) is 0 Å². The van der Waals surface area contributed by atoms with Crippen molar-refractivity contribution in [2.24, 2.45) is 0 Å². The Kier molecular flexibility index (Phi) is 7.42. The van der Waals surface area contributed by atoms with Gasteiger partial charge in [-0.2, -0.15) is 0 Å². The number of hydrogen-bond donors (Lipinski definition) is 0. The van der Waals surface area contributed by atoms with Gasteiger partial charge in [-0.1, -0.05) is 176 Å². The maximum absolute atomic E-state index is 6.67. The van der Waals surface area contributed by atoms with Gasteiger partial charge in [0.15, 0.2) is 17.5 Å². The maximum Gasteiger partial charge on any atom is 0.166 e. The van der Waals surface area contributed by atoms with E-state index in [1.165, 1.54) is 0 Å². The Bertz CT molecular complexity index is 3180. The molecule has 0 spiro atoms. The van der Waals surface area contributed by atoms with E-state index in [-0.39, 0.29) is 0 Å². The van der Waals surface area contributed by atoms with Crippen LogP contribution in [0.2, 0.25) is 0 Å². The summed E-state index contributed by atoms with van der Waals surface area (Å²) in [7, 11) is 0.